The highest BCUT2D eigenvalue weighted by Gasteiger charge is 2.31. The summed E-state index contributed by atoms with van der Waals surface area (Å²) < 4.78 is 38.9. The molecule has 0 bridgehead atoms. The van der Waals surface area contributed by atoms with Crippen LogP contribution in [0.4, 0.5) is 4.39 Å². The number of sulfonamides is 1. The number of hydrogen-bond acceptors (Lipinski definition) is 2. The molecule has 0 radical (unpaired) electrons. The first-order chi connectivity index (χ1) is 7.01. The summed E-state index contributed by atoms with van der Waals surface area (Å²) in [6.45, 7) is 0.961. The molecule has 1 fully saturated rings. The van der Waals surface area contributed by atoms with Gasteiger partial charge in [0.2, 0.25) is 10.0 Å². The smallest absolute Gasteiger partial charge is 0.207 e. The molecule has 1 aromatic rings. The summed E-state index contributed by atoms with van der Waals surface area (Å²) in [4.78, 5) is -0.253. The van der Waals surface area contributed by atoms with Crippen LogP contribution in [0, 0.1) is 5.82 Å². The maximum Gasteiger partial charge on any atom is 0.246 e. The molecule has 82 valence electrons. The molecule has 0 aromatic heterocycles. The van der Waals surface area contributed by atoms with Crippen molar-refractivity contribution in [1.82, 2.24) is 4.31 Å². The first-order valence-corrected chi connectivity index (χ1v) is 6.70. The minimum atomic E-state index is -3.63. The normalized spacial score (nSPS) is 17.5. The molecule has 0 N–H and O–H groups in total. The monoisotopic (exact) mass is 293 g/mol. The van der Waals surface area contributed by atoms with Crippen molar-refractivity contribution in [2.24, 2.45) is 0 Å². The number of rotatable bonds is 2. The highest BCUT2D eigenvalue weighted by molar-refractivity contribution is 9.10. The SMILES string of the molecule is O=S(=O)(c1cc(Br)ccc1F)N1CCC1. The fourth-order valence-electron chi connectivity index (χ4n) is 1.34. The van der Waals surface area contributed by atoms with Crippen molar-refractivity contribution in [3.63, 3.8) is 0 Å². The first kappa shape index (κ1) is 11.0. The van der Waals surface area contributed by atoms with Crippen molar-refractivity contribution in [2.45, 2.75) is 11.3 Å². The van der Waals surface area contributed by atoms with Gasteiger partial charge in [0.25, 0.3) is 0 Å². The average Bonchev–Trinajstić information content (AvgIpc) is 2.05. The van der Waals surface area contributed by atoms with Gasteiger partial charge in [-0.1, -0.05) is 15.9 Å². The average molecular weight is 294 g/mol. The van der Waals surface area contributed by atoms with E-state index in [2.05, 4.69) is 15.9 Å². The molecule has 0 saturated carbocycles. The predicted molar refractivity (Wildman–Crippen MR) is 57.5 cm³/mol. The lowest BCUT2D eigenvalue weighted by molar-refractivity contribution is 0.308. The van der Waals surface area contributed by atoms with Gasteiger partial charge in [0.1, 0.15) is 10.7 Å². The van der Waals surface area contributed by atoms with Gasteiger partial charge < -0.3 is 0 Å². The zero-order valence-corrected chi connectivity index (χ0v) is 10.2. The molecule has 0 unspecified atom stereocenters. The molecule has 1 heterocycles. The molecule has 0 amide bonds. The largest absolute Gasteiger partial charge is 0.246 e. The topological polar surface area (TPSA) is 37.4 Å². The van der Waals surface area contributed by atoms with Gasteiger partial charge in [-0.2, -0.15) is 4.31 Å². The Morgan fingerprint density at radius 1 is 1.33 bits per heavy atom. The Morgan fingerprint density at radius 2 is 2.00 bits per heavy atom. The van der Waals surface area contributed by atoms with Gasteiger partial charge in [-0.05, 0) is 24.6 Å². The summed E-state index contributed by atoms with van der Waals surface area (Å²) >= 11 is 3.13. The first-order valence-electron chi connectivity index (χ1n) is 4.47. The van der Waals surface area contributed by atoms with E-state index in [-0.39, 0.29) is 4.90 Å². The van der Waals surface area contributed by atoms with E-state index < -0.39 is 15.8 Å². The van der Waals surface area contributed by atoms with Gasteiger partial charge >= 0.3 is 0 Å². The minimum Gasteiger partial charge on any atom is -0.207 e. The van der Waals surface area contributed by atoms with Crippen LogP contribution in [0.15, 0.2) is 27.6 Å². The third kappa shape index (κ3) is 1.93. The molecule has 2 rings (SSSR count). The van der Waals surface area contributed by atoms with E-state index in [1.807, 2.05) is 0 Å². The van der Waals surface area contributed by atoms with E-state index in [9.17, 15) is 12.8 Å². The number of nitrogens with zero attached hydrogens (tertiary/aromatic N) is 1. The van der Waals surface area contributed by atoms with Crippen LogP contribution >= 0.6 is 15.9 Å². The van der Waals surface area contributed by atoms with Crippen LogP contribution < -0.4 is 0 Å². The van der Waals surface area contributed by atoms with Crippen LogP contribution in [0.1, 0.15) is 6.42 Å². The number of benzene rings is 1. The van der Waals surface area contributed by atoms with Gasteiger partial charge in [-0.25, -0.2) is 12.8 Å². The molecule has 0 aliphatic carbocycles. The van der Waals surface area contributed by atoms with Crippen molar-refractivity contribution in [3.8, 4) is 0 Å². The predicted octanol–water partition coefficient (Wildman–Crippen LogP) is 1.98. The lowest BCUT2D eigenvalue weighted by Crippen LogP contribution is -2.42. The third-order valence-electron chi connectivity index (χ3n) is 2.33. The highest BCUT2D eigenvalue weighted by Crippen LogP contribution is 2.25. The molecule has 0 atom stereocenters. The summed E-state index contributed by atoms with van der Waals surface area (Å²) in [6, 6.07) is 3.92. The summed E-state index contributed by atoms with van der Waals surface area (Å²) in [6.07, 6.45) is 0.842. The summed E-state index contributed by atoms with van der Waals surface area (Å²) in [5.74, 6) is -0.704. The summed E-state index contributed by atoms with van der Waals surface area (Å²) in [5, 5.41) is 0. The van der Waals surface area contributed by atoms with E-state index in [0.717, 1.165) is 12.5 Å². The second-order valence-electron chi connectivity index (χ2n) is 3.33. The molecular formula is C9H9BrFNO2S. The Bertz CT molecular complexity index is 485. The Balaban J connectivity index is 2.48. The van der Waals surface area contributed by atoms with Crippen LogP contribution in [-0.2, 0) is 10.0 Å². The van der Waals surface area contributed by atoms with Gasteiger partial charge in [-0.15, -0.1) is 0 Å². The van der Waals surface area contributed by atoms with Crippen molar-refractivity contribution in [2.75, 3.05) is 13.1 Å². The van der Waals surface area contributed by atoms with Gasteiger partial charge in [-0.3, -0.25) is 0 Å². The van der Waals surface area contributed by atoms with Crippen molar-refractivity contribution >= 4 is 26.0 Å². The molecule has 0 spiro atoms. The van der Waals surface area contributed by atoms with E-state index in [4.69, 9.17) is 0 Å². The molecule has 1 saturated heterocycles. The Morgan fingerprint density at radius 3 is 2.53 bits per heavy atom. The Kier molecular flexibility index (Phi) is 2.83. The zero-order chi connectivity index (χ0) is 11.1. The molecule has 6 heteroatoms. The van der Waals surface area contributed by atoms with Crippen LogP contribution in [-0.4, -0.2) is 25.8 Å². The zero-order valence-electron chi connectivity index (χ0n) is 7.78. The standard InChI is InChI=1S/C9H9BrFNO2S/c10-7-2-3-8(11)9(6-7)15(13,14)12-4-1-5-12/h2-3,6H,1,4-5H2. The van der Waals surface area contributed by atoms with E-state index in [0.29, 0.717) is 17.6 Å². The molecule has 1 aromatic carbocycles. The Hall–Kier alpha value is -0.460. The molecule has 1 aliphatic heterocycles. The van der Waals surface area contributed by atoms with Crippen molar-refractivity contribution in [1.29, 1.82) is 0 Å². The van der Waals surface area contributed by atoms with Crippen molar-refractivity contribution < 1.29 is 12.8 Å². The third-order valence-corrected chi connectivity index (χ3v) is 4.73. The van der Waals surface area contributed by atoms with Crippen LogP contribution in [0.3, 0.4) is 0 Å². The van der Waals surface area contributed by atoms with Crippen molar-refractivity contribution in [3.05, 3.63) is 28.5 Å². The lowest BCUT2D eigenvalue weighted by Gasteiger charge is -2.29. The van der Waals surface area contributed by atoms with Gasteiger partial charge in [0.05, 0.1) is 0 Å². The summed E-state index contributed by atoms with van der Waals surface area (Å²) in [5.41, 5.74) is 0. The van der Waals surface area contributed by atoms with Crippen LogP contribution in [0.25, 0.3) is 0 Å². The lowest BCUT2D eigenvalue weighted by atomic mass is 10.3. The fourth-order valence-corrected chi connectivity index (χ4v) is 3.46. The number of hydrogen-bond donors (Lipinski definition) is 0. The Labute approximate surface area is 96.1 Å². The minimum absolute atomic E-state index is 0.253. The second-order valence-corrected chi connectivity index (χ2v) is 6.15. The maximum atomic E-state index is 13.4. The quantitative estimate of drug-likeness (QED) is 0.836. The molecule has 15 heavy (non-hydrogen) atoms. The van der Waals surface area contributed by atoms with Gasteiger partial charge in [0.15, 0.2) is 0 Å². The van der Waals surface area contributed by atoms with Crippen LogP contribution in [0.2, 0.25) is 0 Å². The highest BCUT2D eigenvalue weighted by atomic mass is 79.9. The molecule has 1 aliphatic rings. The molecule has 3 nitrogen and oxygen atoms in total. The van der Waals surface area contributed by atoms with E-state index in [1.54, 1.807) is 0 Å². The fraction of sp³-hybridized carbons (Fsp3) is 0.333. The second kappa shape index (κ2) is 3.84. The maximum absolute atomic E-state index is 13.4. The summed E-state index contributed by atoms with van der Waals surface area (Å²) in [7, 11) is -3.63. The molecular weight excluding hydrogens is 285 g/mol. The van der Waals surface area contributed by atoms with Gasteiger partial charge in [0, 0.05) is 17.6 Å². The van der Waals surface area contributed by atoms with E-state index in [1.165, 1.54) is 16.4 Å². The van der Waals surface area contributed by atoms with E-state index >= 15 is 0 Å². The number of halogens is 2. The van der Waals surface area contributed by atoms with Crippen LogP contribution in [0.5, 0.6) is 0 Å².